The maximum atomic E-state index is 12.5. The molecule has 1 unspecified atom stereocenters. The Morgan fingerprint density at radius 1 is 1.21 bits per heavy atom. The Balaban J connectivity index is 1.98. The second-order valence-electron chi connectivity index (χ2n) is 5.60. The van der Waals surface area contributed by atoms with Gasteiger partial charge in [0.1, 0.15) is 0 Å². The highest BCUT2D eigenvalue weighted by atomic mass is 32.2. The van der Waals surface area contributed by atoms with Crippen molar-refractivity contribution in [3.8, 4) is 0 Å². The molecule has 2 N–H and O–H groups in total. The highest BCUT2D eigenvalue weighted by Crippen LogP contribution is 2.36. The molecule has 19 heavy (non-hydrogen) atoms. The summed E-state index contributed by atoms with van der Waals surface area (Å²) < 4.78 is 26.7. The van der Waals surface area contributed by atoms with E-state index in [1.165, 1.54) is 0 Å². The molecular formula is C14H20N2O2S. The molecule has 1 aromatic rings. The molecule has 0 spiro atoms. The van der Waals surface area contributed by atoms with Crippen molar-refractivity contribution >= 4 is 15.7 Å². The second kappa shape index (κ2) is 4.80. The minimum atomic E-state index is -3.20. The van der Waals surface area contributed by atoms with Crippen LogP contribution < -0.4 is 10.0 Å². The summed E-state index contributed by atoms with van der Waals surface area (Å²) >= 11 is 0. The number of rotatable bonds is 3. The van der Waals surface area contributed by atoms with Gasteiger partial charge in [-0.1, -0.05) is 18.2 Å². The third-order valence-corrected chi connectivity index (χ3v) is 5.90. The molecule has 0 radical (unpaired) electrons. The molecule has 0 amide bonds. The smallest absolute Gasteiger partial charge is 0.235 e. The third-order valence-electron chi connectivity index (χ3n) is 3.96. The van der Waals surface area contributed by atoms with Crippen molar-refractivity contribution in [1.29, 1.82) is 0 Å². The number of fused-ring (bicyclic) bond motifs is 1. The predicted molar refractivity (Wildman–Crippen MR) is 76.5 cm³/mol. The zero-order valence-corrected chi connectivity index (χ0v) is 11.8. The van der Waals surface area contributed by atoms with Crippen LogP contribution in [-0.4, -0.2) is 20.7 Å². The summed E-state index contributed by atoms with van der Waals surface area (Å²) in [6.07, 6.45) is 3.76. The summed E-state index contributed by atoms with van der Waals surface area (Å²) in [6, 6.07) is 7.58. The molecule has 1 aliphatic heterocycles. The van der Waals surface area contributed by atoms with Gasteiger partial charge in [-0.25, -0.2) is 8.42 Å². The van der Waals surface area contributed by atoms with Gasteiger partial charge in [-0.2, -0.15) is 0 Å². The monoisotopic (exact) mass is 280 g/mol. The SMILES string of the molecule is NC1CCCN(S(=O)(=O)CC2CC2)c2ccccc21. The standard InChI is InChI=1S/C14H20N2O2S/c15-13-5-3-9-16(14-6-2-1-4-12(13)14)19(17,18)10-11-7-8-11/h1-2,4,6,11,13H,3,5,7-10,15H2. The van der Waals surface area contributed by atoms with Crippen LogP contribution in [0.1, 0.15) is 37.3 Å². The average molecular weight is 280 g/mol. The largest absolute Gasteiger partial charge is 0.324 e. The first kappa shape index (κ1) is 12.9. The normalized spacial score (nSPS) is 23.8. The number of nitrogens with two attached hydrogens (primary N) is 1. The summed E-state index contributed by atoms with van der Waals surface area (Å²) in [5, 5.41) is 0. The number of anilines is 1. The fourth-order valence-corrected chi connectivity index (χ4v) is 4.70. The van der Waals surface area contributed by atoms with Crippen molar-refractivity contribution < 1.29 is 8.42 Å². The van der Waals surface area contributed by atoms with E-state index in [0.29, 0.717) is 12.5 Å². The predicted octanol–water partition coefficient (Wildman–Crippen LogP) is 2.03. The van der Waals surface area contributed by atoms with Crippen molar-refractivity contribution in [2.24, 2.45) is 11.7 Å². The summed E-state index contributed by atoms with van der Waals surface area (Å²) in [5.41, 5.74) is 7.89. The number of para-hydroxylation sites is 1. The summed E-state index contributed by atoms with van der Waals surface area (Å²) in [7, 11) is -3.20. The molecule has 1 aliphatic carbocycles. The van der Waals surface area contributed by atoms with Crippen LogP contribution in [-0.2, 0) is 10.0 Å². The Hall–Kier alpha value is -1.07. The lowest BCUT2D eigenvalue weighted by molar-refractivity contribution is 0.583. The molecule has 5 heteroatoms. The first-order valence-corrected chi connectivity index (χ1v) is 8.54. The van der Waals surface area contributed by atoms with E-state index in [0.717, 1.165) is 36.9 Å². The minimum absolute atomic E-state index is 0.0580. The van der Waals surface area contributed by atoms with Crippen LogP contribution in [0.25, 0.3) is 0 Å². The quantitative estimate of drug-likeness (QED) is 0.921. The first-order chi connectivity index (χ1) is 9.08. The fourth-order valence-electron chi connectivity index (χ4n) is 2.72. The Labute approximate surface area is 114 Å². The number of hydrogen-bond donors (Lipinski definition) is 1. The molecule has 3 rings (SSSR count). The van der Waals surface area contributed by atoms with Crippen molar-refractivity contribution in [3.05, 3.63) is 29.8 Å². The molecule has 4 nitrogen and oxygen atoms in total. The van der Waals surface area contributed by atoms with Crippen molar-refractivity contribution in [3.63, 3.8) is 0 Å². The number of hydrogen-bond acceptors (Lipinski definition) is 3. The van der Waals surface area contributed by atoms with Crippen molar-refractivity contribution in [1.82, 2.24) is 0 Å². The maximum Gasteiger partial charge on any atom is 0.235 e. The van der Waals surface area contributed by atoms with Crippen molar-refractivity contribution in [2.45, 2.75) is 31.7 Å². The van der Waals surface area contributed by atoms with Crippen LogP contribution in [0.4, 0.5) is 5.69 Å². The van der Waals surface area contributed by atoms with E-state index in [1.54, 1.807) is 4.31 Å². The van der Waals surface area contributed by atoms with Gasteiger partial charge in [-0.3, -0.25) is 4.31 Å². The van der Waals surface area contributed by atoms with E-state index in [9.17, 15) is 8.42 Å². The Morgan fingerprint density at radius 3 is 2.68 bits per heavy atom. The molecule has 1 saturated carbocycles. The van der Waals surface area contributed by atoms with Crippen LogP contribution in [0.5, 0.6) is 0 Å². The highest BCUT2D eigenvalue weighted by Gasteiger charge is 2.34. The van der Waals surface area contributed by atoms with E-state index in [2.05, 4.69) is 0 Å². The molecular weight excluding hydrogens is 260 g/mol. The second-order valence-corrected chi connectivity index (χ2v) is 7.54. The van der Waals surface area contributed by atoms with Crippen molar-refractivity contribution in [2.75, 3.05) is 16.6 Å². The van der Waals surface area contributed by atoms with Gasteiger partial charge in [0, 0.05) is 12.6 Å². The van der Waals surface area contributed by atoms with E-state index >= 15 is 0 Å². The number of nitrogens with zero attached hydrogens (tertiary/aromatic N) is 1. The van der Waals surface area contributed by atoms with Gasteiger partial charge >= 0.3 is 0 Å². The molecule has 0 bridgehead atoms. The van der Waals surface area contributed by atoms with E-state index in [1.807, 2.05) is 24.3 Å². The lowest BCUT2D eigenvalue weighted by Crippen LogP contribution is -2.34. The molecule has 1 heterocycles. The Morgan fingerprint density at radius 2 is 1.95 bits per heavy atom. The van der Waals surface area contributed by atoms with Crippen LogP contribution >= 0.6 is 0 Å². The summed E-state index contributed by atoms with van der Waals surface area (Å²) in [5.74, 6) is 0.658. The summed E-state index contributed by atoms with van der Waals surface area (Å²) in [4.78, 5) is 0. The van der Waals surface area contributed by atoms with E-state index in [4.69, 9.17) is 5.73 Å². The molecule has 1 fully saturated rings. The van der Waals surface area contributed by atoms with Gasteiger partial charge in [0.15, 0.2) is 0 Å². The fraction of sp³-hybridized carbons (Fsp3) is 0.571. The number of sulfonamides is 1. The number of benzene rings is 1. The van der Waals surface area contributed by atoms with Crippen LogP contribution in [0.2, 0.25) is 0 Å². The van der Waals surface area contributed by atoms with Gasteiger partial charge in [0.2, 0.25) is 10.0 Å². The topological polar surface area (TPSA) is 63.4 Å². The minimum Gasteiger partial charge on any atom is -0.324 e. The molecule has 0 aromatic heterocycles. The average Bonchev–Trinajstić information content (AvgIpc) is 3.17. The lowest BCUT2D eigenvalue weighted by Gasteiger charge is -2.25. The molecule has 2 aliphatic rings. The highest BCUT2D eigenvalue weighted by molar-refractivity contribution is 7.92. The summed E-state index contributed by atoms with van der Waals surface area (Å²) in [6.45, 7) is 0.555. The zero-order valence-electron chi connectivity index (χ0n) is 11.0. The van der Waals surface area contributed by atoms with Gasteiger partial charge < -0.3 is 5.73 Å². The first-order valence-electron chi connectivity index (χ1n) is 6.93. The molecule has 1 atom stereocenters. The maximum absolute atomic E-state index is 12.5. The van der Waals surface area contributed by atoms with Crippen LogP contribution in [0.15, 0.2) is 24.3 Å². The van der Waals surface area contributed by atoms with Crippen LogP contribution in [0, 0.1) is 5.92 Å². The zero-order chi connectivity index (χ0) is 13.5. The van der Waals surface area contributed by atoms with E-state index < -0.39 is 10.0 Å². The van der Waals surface area contributed by atoms with Gasteiger partial charge in [-0.05, 0) is 43.2 Å². The van der Waals surface area contributed by atoms with Gasteiger partial charge in [0.25, 0.3) is 0 Å². The molecule has 104 valence electrons. The Kier molecular flexibility index (Phi) is 3.27. The molecule has 1 aromatic carbocycles. The Bertz CT molecular complexity index is 567. The van der Waals surface area contributed by atoms with Crippen LogP contribution in [0.3, 0.4) is 0 Å². The lowest BCUT2D eigenvalue weighted by atomic mass is 10.0. The molecule has 0 saturated heterocycles. The third kappa shape index (κ3) is 2.62. The van der Waals surface area contributed by atoms with E-state index in [-0.39, 0.29) is 11.8 Å². The van der Waals surface area contributed by atoms with Gasteiger partial charge in [0.05, 0.1) is 11.4 Å². The van der Waals surface area contributed by atoms with Gasteiger partial charge in [-0.15, -0.1) is 0 Å².